The van der Waals surface area contributed by atoms with E-state index in [0.717, 1.165) is 28.7 Å². The maximum atomic E-state index is 5.89. The molecule has 0 saturated carbocycles. The summed E-state index contributed by atoms with van der Waals surface area (Å²) in [5.74, 6) is 6.55. The molecule has 0 spiro atoms. The number of fused-ring (bicyclic) bond motifs is 1. The lowest BCUT2D eigenvalue weighted by molar-refractivity contribution is 0.477. The zero-order valence-corrected chi connectivity index (χ0v) is 11.5. The smallest absolute Gasteiger partial charge is 0.134 e. The lowest BCUT2D eigenvalue weighted by atomic mass is 10.0. The van der Waals surface area contributed by atoms with Crippen molar-refractivity contribution in [1.82, 2.24) is 5.43 Å². The summed E-state index contributed by atoms with van der Waals surface area (Å²) in [4.78, 5) is 0. The van der Waals surface area contributed by atoms with Crippen molar-refractivity contribution in [2.75, 3.05) is 0 Å². The summed E-state index contributed by atoms with van der Waals surface area (Å²) in [7, 11) is 0. The zero-order chi connectivity index (χ0) is 13.9. The first-order valence-corrected chi connectivity index (χ1v) is 6.85. The van der Waals surface area contributed by atoms with E-state index in [2.05, 4.69) is 36.6 Å². The van der Waals surface area contributed by atoms with Crippen LogP contribution in [0.3, 0.4) is 0 Å². The standard InChI is InChI=1S/C17H18N2O/c1-2-12-7-9-13(10-8-12)17(19-18)16-11-14-5-3-4-6-15(14)20-16/h3-11,17,19H,2,18H2,1H3. The van der Waals surface area contributed by atoms with Crippen LogP contribution >= 0.6 is 0 Å². The molecule has 0 fully saturated rings. The van der Waals surface area contributed by atoms with Gasteiger partial charge in [0.25, 0.3) is 0 Å². The summed E-state index contributed by atoms with van der Waals surface area (Å²) in [5, 5.41) is 1.09. The third-order valence-electron chi connectivity index (χ3n) is 3.62. The van der Waals surface area contributed by atoms with Gasteiger partial charge in [-0.05, 0) is 29.7 Å². The lowest BCUT2D eigenvalue weighted by Crippen LogP contribution is -2.28. The Bertz CT molecular complexity index is 667. The van der Waals surface area contributed by atoms with Gasteiger partial charge in [0.2, 0.25) is 0 Å². The minimum Gasteiger partial charge on any atom is -0.459 e. The van der Waals surface area contributed by atoms with Gasteiger partial charge in [-0.25, -0.2) is 5.43 Å². The Labute approximate surface area is 118 Å². The summed E-state index contributed by atoms with van der Waals surface area (Å²) in [6.45, 7) is 2.15. The fourth-order valence-corrected chi connectivity index (χ4v) is 2.43. The van der Waals surface area contributed by atoms with Crippen molar-refractivity contribution in [1.29, 1.82) is 0 Å². The Balaban J connectivity index is 1.99. The van der Waals surface area contributed by atoms with Gasteiger partial charge in [0.1, 0.15) is 17.4 Å². The number of hydrogen-bond acceptors (Lipinski definition) is 3. The molecule has 0 bridgehead atoms. The molecule has 0 aliphatic heterocycles. The van der Waals surface area contributed by atoms with Gasteiger partial charge < -0.3 is 4.42 Å². The van der Waals surface area contributed by atoms with Gasteiger partial charge in [0.15, 0.2) is 0 Å². The minimum absolute atomic E-state index is 0.131. The van der Waals surface area contributed by atoms with E-state index in [1.807, 2.05) is 30.3 Å². The SMILES string of the molecule is CCc1ccc(C(NN)c2cc3ccccc3o2)cc1. The van der Waals surface area contributed by atoms with E-state index in [0.29, 0.717) is 0 Å². The van der Waals surface area contributed by atoms with Crippen molar-refractivity contribution in [3.8, 4) is 0 Å². The van der Waals surface area contributed by atoms with Crippen LogP contribution in [0, 0.1) is 0 Å². The summed E-state index contributed by atoms with van der Waals surface area (Å²) < 4.78 is 5.89. The molecule has 1 aromatic heterocycles. The molecule has 3 N–H and O–H groups in total. The van der Waals surface area contributed by atoms with Crippen LogP contribution < -0.4 is 11.3 Å². The molecule has 0 radical (unpaired) electrons. The molecule has 3 aromatic rings. The second-order valence-corrected chi connectivity index (χ2v) is 4.88. The predicted molar refractivity (Wildman–Crippen MR) is 81.2 cm³/mol. The summed E-state index contributed by atoms with van der Waals surface area (Å²) in [5.41, 5.74) is 6.14. The third-order valence-corrected chi connectivity index (χ3v) is 3.62. The van der Waals surface area contributed by atoms with Crippen molar-refractivity contribution in [2.24, 2.45) is 5.84 Å². The average Bonchev–Trinajstić information content (AvgIpc) is 2.92. The number of rotatable bonds is 4. The number of para-hydroxylation sites is 1. The lowest BCUT2D eigenvalue weighted by Gasteiger charge is -2.14. The molecule has 3 nitrogen and oxygen atoms in total. The Morgan fingerprint density at radius 3 is 2.50 bits per heavy atom. The maximum absolute atomic E-state index is 5.89. The van der Waals surface area contributed by atoms with Crippen LogP contribution in [0.4, 0.5) is 0 Å². The van der Waals surface area contributed by atoms with Crippen LogP contribution in [0.5, 0.6) is 0 Å². The molecule has 20 heavy (non-hydrogen) atoms. The molecule has 1 atom stereocenters. The highest BCUT2D eigenvalue weighted by molar-refractivity contribution is 5.77. The number of hydrogen-bond donors (Lipinski definition) is 2. The molecule has 0 amide bonds. The molecule has 1 heterocycles. The second kappa shape index (κ2) is 5.49. The highest BCUT2D eigenvalue weighted by atomic mass is 16.3. The normalized spacial score (nSPS) is 12.7. The first kappa shape index (κ1) is 12.9. The fourth-order valence-electron chi connectivity index (χ4n) is 2.43. The first-order chi connectivity index (χ1) is 9.81. The topological polar surface area (TPSA) is 51.2 Å². The number of hydrazine groups is 1. The number of nitrogens with one attached hydrogen (secondary N) is 1. The molecule has 3 rings (SSSR count). The van der Waals surface area contributed by atoms with Crippen LogP contribution in [-0.2, 0) is 6.42 Å². The van der Waals surface area contributed by atoms with Gasteiger partial charge in [0.05, 0.1) is 0 Å². The molecular weight excluding hydrogens is 248 g/mol. The first-order valence-electron chi connectivity index (χ1n) is 6.85. The van der Waals surface area contributed by atoms with Crippen LogP contribution in [0.25, 0.3) is 11.0 Å². The number of aryl methyl sites for hydroxylation is 1. The summed E-state index contributed by atoms with van der Waals surface area (Å²) >= 11 is 0. The van der Waals surface area contributed by atoms with Gasteiger partial charge in [-0.1, -0.05) is 49.4 Å². The van der Waals surface area contributed by atoms with Crippen molar-refractivity contribution in [2.45, 2.75) is 19.4 Å². The molecule has 102 valence electrons. The van der Waals surface area contributed by atoms with E-state index in [1.165, 1.54) is 5.56 Å². The van der Waals surface area contributed by atoms with Crippen LogP contribution in [0.2, 0.25) is 0 Å². The van der Waals surface area contributed by atoms with E-state index >= 15 is 0 Å². The highest BCUT2D eigenvalue weighted by Gasteiger charge is 2.16. The highest BCUT2D eigenvalue weighted by Crippen LogP contribution is 2.27. The van der Waals surface area contributed by atoms with Gasteiger partial charge >= 0.3 is 0 Å². The molecule has 0 aliphatic carbocycles. The van der Waals surface area contributed by atoms with Crippen molar-refractivity contribution >= 4 is 11.0 Å². The Morgan fingerprint density at radius 1 is 1.10 bits per heavy atom. The Kier molecular flexibility index (Phi) is 3.54. The summed E-state index contributed by atoms with van der Waals surface area (Å²) in [6.07, 6.45) is 1.03. The van der Waals surface area contributed by atoms with E-state index < -0.39 is 0 Å². The largest absolute Gasteiger partial charge is 0.459 e. The summed E-state index contributed by atoms with van der Waals surface area (Å²) in [6, 6.07) is 18.3. The van der Waals surface area contributed by atoms with Crippen molar-refractivity contribution in [3.63, 3.8) is 0 Å². The molecule has 0 aliphatic rings. The predicted octanol–water partition coefficient (Wildman–Crippen LogP) is 3.55. The maximum Gasteiger partial charge on any atom is 0.134 e. The molecule has 0 saturated heterocycles. The fraction of sp³-hybridized carbons (Fsp3) is 0.176. The number of furan rings is 1. The Hall–Kier alpha value is -2.10. The van der Waals surface area contributed by atoms with Crippen molar-refractivity contribution < 1.29 is 4.42 Å². The number of nitrogens with two attached hydrogens (primary N) is 1. The van der Waals surface area contributed by atoms with E-state index in [9.17, 15) is 0 Å². The zero-order valence-electron chi connectivity index (χ0n) is 11.5. The molecule has 3 heteroatoms. The van der Waals surface area contributed by atoms with E-state index in [-0.39, 0.29) is 6.04 Å². The average molecular weight is 266 g/mol. The van der Waals surface area contributed by atoms with E-state index in [1.54, 1.807) is 0 Å². The van der Waals surface area contributed by atoms with Gasteiger partial charge in [-0.3, -0.25) is 5.84 Å². The minimum atomic E-state index is -0.131. The van der Waals surface area contributed by atoms with Gasteiger partial charge in [-0.15, -0.1) is 0 Å². The molecule has 1 unspecified atom stereocenters. The van der Waals surface area contributed by atoms with Crippen molar-refractivity contribution in [3.05, 3.63) is 71.5 Å². The number of benzene rings is 2. The van der Waals surface area contributed by atoms with Gasteiger partial charge in [0, 0.05) is 5.39 Å². The monoisotopic (exact) mass is 266 g/mol. The van der Waals surface area contributed by atoms with Crippen LogP contribution in [0.15, 0.2) is 59.0 Å². The Morgan fingerprint density at radius 2 is 1.85 bits per heavy atom. The van der Waals surface area contributed by atoms with E-state index in [4.69, 9.17) is 10.3 Å². The molecule has 2 aromatic carbocycles. The molecular formula is C17H18N2O. The van der Waals surface area contributed by atoms with Gasteiger partial charge in [-0.2, -0.15) is 0 Å². The van der Waals surface area contributed by atoms with Crippen LogP contribution in [0.1, 0.15) is 29.9 Å². The van der Waals surface area contributed by atoms with Crippen LogP contribution in [-0.4, -0.2) is 0 Å². The third kappa shape index (κ3) is 2.33. The quantitative estimate of drug-likeness (QED) is 0.561. The second-order valence-electron chi connectivity index (χ2n) is 4.88.